The lowest BCUT2D eigenvalue weighted by Gasteiger charge is -2.09. The van der Waals surface area contributed by atoms with Crippen molar-refractivity contribution in [3.05, 3.63) is 52.6 Å². The van der Waals surface area contributed by atoms with Crippen LogP contribution in [-0.4, -0.2) is 20.8 Å². The van der Waals surface area contributed by atoms with Gasteiger partial charge in [-0.15, -0.1) is 0 Å². The highest BCUT2D eigenvalue weighted by Crippen LogP contribution is 2.12. The van der Waals surface area contributed by atoms with Gasteiger partial charge < -0.3 is 10.4 Å². The molecule has 0 bridgehead atoms. The Morgan fingerprint density at radius 1 is 1.43 bits per heavy atom. The van der Waals surface area contributed by atoms with Crippen molar-refractivity contribution < 1.29 is 14.3 Å². The van der Waals surface area contributed by atoms with Gasteiger partial charge in [0, 0.05) is 24.3 Å². The molecule has 1 aromatic heterocycles. The van der Waals surface area contributed by atoms with Crippen molar-refractivity contribution in [3.8, 4) is 0 Å². The molecular formula is C17H22FN3O2. The van der Waals surface area contributed by atoms with Gasteiger partial charge in [0.05, 0.1) is 18.4 Å². The van der Waals surface area contributed by atoms with E-state index in [9.17, 15) is 9.18 Å². The molecule has 0 aliphatic heterocycles. The lowest BCUT2D eigenvalue weighted by molar-refractivity contribution is 0.0950. The highest BCUT2D eigenvalue weighted by atomic mass is 19.1. The fourth-order valence-corrected chi connectivity index (χ4v) is 2.34. The van der Waals surface area contributed by atoms with Crippen LogP contribution >= 0.6 is 0 Å². The van der Waals surface area contributed by atoms with Crippen molar-refractivity contribution in [3.63, 3.8) is 0 Å². The summed E-state index contributed by atoms with van der Waals surface area (Å²) in [5.41, 5.74) is 2.32. The maximum atomic E-state index is 13.3. The van der Waals surface area contributed by atoms with Crippen LogP contribution in [0.2, 0.25) is 0 Å². The second-order valence-corrected chi connectivity index (χ2v) is 5.99. The van der Waals surface area contributed by atoms with E-state index in [1.165, 1.54) is 6.07 Å². The van der Waals surface area contributed by atoms with Crippen LogP contribution in [0.4, 0.5) is 4.39 Å². The molecule has 23 heavy (non-hydrogen) atoms. The SMILES string of the molecule is Cc1c(C(=O)NCc2ccc(F)c(CO)c2)cnn1CC(C)C. The molecule has 1 amide bonds. The number of amides is 1. The van der Waals surface area contributed by atoms with Crippen molar-refractivity contribution in [1.82, 2.24) is 15.1 Å². The van der Waals surface area contributed by atoms with Gasteiger partial charge in [0.1, 0.15) is 5.82 Å². The zero-order chi connectivity index (χ0) is 17.0. The zero-order valence-electron chi connectivity index (χ0n) is 13.6. The Kier molecular flexibility index (Phi) is 5.50. The maximum Gasteiger partial charge on any atom is 0.255 e. The molecule has 0 saturated heterocycles. The predicted octanol–water partition coefficient (Wildman–Crippen LogP) is 2.41. The van der Waals surface area contributed by atoms with E-state index in [-0.39, 0.29) is 24.6 Å². The molecule has 2 aromatic rings. The Hall–Kier alpha value is -2.21. The number of hydrogen-bond acceptors (Lipinski definition) is 3. The third-order valence-electron chi connectivity index (χ3n) is 3.62. The van der Waals surface area contributed by atoms with Gasteiger partial charge in [-0.1, -0.05) is 19.9 Å². The summed E-state index contributed by atoms with van der Waals surface area (Å²) >= 11 is 0. The van der Waals surface area contributed by atoms with E-state index in [2.05, 4.69) is 24.3 Å². The molecule has 1 aromatic carbocycles. The van der Waals surface area contributed by atoms with Crippen molar-refractivity contribution in [1.29, 1.82) is 0 Å². The van der Waals surface area contributed by atoms with Gasteiger partial charge in [0.25, 0.3) is 5.91 Å². The minimum Gasteiger partial charge on any atom is -0.392 e. The van der Waals surface area contributed by atoms with Crippen LogP contribution in [0, 0.1) is 18.7 Å². The fourth-order valence-electron chi connectivity index (χ4n) is 2.34. The lowest BCUT2D eigenvalue weighted by atomic mass is 10.1. The number of nitrogens with one attached hydrogen (secondary N) is 1. The van der Waals surface area contributed by atoms with Crippen LogP contribution in [0.1, 0.15) is 41.0 Å². The first-order valence-electron chi connectivity index (χ1n) is 7.61. The van der Waals surface area contributed by atoms with Crippen molar-refractivity contribution in [2.75, 3.05) is 0 Å². The van der Waals surface area contributed by atoms with Gasteiger partial charge in [-0.25, -0.2) is 4.39 Å². The summed E-state index contributed by atoms with van der Waals surface area (Å²) in [6.07, 6.45) is 1.57. The van der Waals surface area contributed by atoms with Gasteiger partial charge in [-0.05, 0) is 30.5 Å². The van der Waals surface area contributed by atoms with Gasteiger partial charge >= 0.3 is 0 Å². The quantitative estimate of drug-likeness (QED) is 0.859. The molecule has 0 radical (unpaired) electrons. The first-order chi connectivity index (χ1) is 10.9. The summed E-state index contributed by atoms with van der Waals surface area (Å²) in [7, 11) is 0. The molecule has 1 heterocycles. The minimum absolute atomic E-state index is 0.215. The van der Waals surface area contributed by atoms with Crippen LogP contribution in [0.5, 0.6) is 0 Å². The van der Waals surface area contributed by atoms with E-state index in [0.29, 0.717) is 11.5 Å². The Morgan fingerprint density at radius 2 is 2.17 bits per heavy atom. The molecule has 0 aliphatic carbocycles. The van der Waals surface area contributed by atoms with Crippen LogP contribution in [0.25, 0.3) is 0 Å². The number of benzene rings is 1. The predicted molar refractivity (Wildman–Crippen MR) is 85.3 cm³/mol. The Labute approximate surface area is 135 Å². The highest BCUT2D eigenvalue weighted by Gasteiger charge is 2.14. The van der Waals surface area contributed by atoms with Crippen LogP contribution < -0.4 is 5.32 Å². The Morgan fingerprint density at radius 3 is 2.83 bits per heavy atom. The molecule has 5 nitrogen and oxygen atoms in total. The Balaban J connectivity index is 2.04. The van der Waals surface area contributed by atoms with Crippen LogP contribution in [-0.2, 0) is 19.7 Å². The molecule has 0 aliphatic rings. The number of nitrogens with zero attached hydrogens (tertiary/aromatic N) is 2. The molecule has 0 spiro atoms. The monoisotopic (exact) mass is 319 g/mol. The number of carbonyl (C=O) groups is 1. The average molecular weight is 319 g/mol. The molecule has 2 N–H and O–H groups in total. The first-order valence-corrected chi connectivity index (χ1v) is 7.61. The summed E-state index contributed by atoms with van der Waals surface area (Å²) < 4.78 is 15.2. The molecule has 0 atom stereocenters. The second-order valence-electron chi connectivity index (χ2n) is 5.99. The number of aliphatic hydroxyl groups is 1. The number of aromatic nitrogens is 2. The van der Waals surface area contributed by atoms with Gasteiger partial charge in [-0.3, -0.25) is 9.48 Å². The van der Waals surface area contributed by atoms with Crippen LogP contribution in [0.15, 0.2) is 24.4 Å². The fraction of sp³-hybridized carbons (Fsp3) is 0.412. The van der Waals surface area contributed by atoms with Crippen LogP contribution in [0.3, 0.4) is 0 Å². The molecule has 6 heteroatoms. The topological polar surface area (TPSA) is 67.2 Å². The van der Waals surface area contributed by atoms with Gasteiger partial charge in [0.15, 0.2) is 0 Å². The van der Waals surface area contributed by atoms with Gasteiger partial charge in [0.2, 0.25) is 0 Å². The number of hydrogen-bond donors (Lipinski definition) is 2. The summed E-state index contributed by atoms with van der Waals surface area (Å²) in [6.45, 7) is 6.71. The highest BCUT2D eigenvalue weighted by molar-refractivity contribution is 5.94. The third-order valence-corrected chi connectivity index (χ3v) is 3.62. The standard InChI is InChI=1S/C17H22FN3O2/c1-11(2)9-21-12(3)15(8-20-21)17(23)19-7-13-4-5-16(18)14(6-13)10-22/h4-6,8,11,22H,7,9-10H2,1-3H3,(H,19,23). The van der Waals surface area contributed by atoms with Crippen molar-refractivity contribution in [2.24, 2.45) is 5.92 Å². The largest absolute Gasteiger partial charge is 0.392 e. The summed E-state index contributed by atoms with van der Waals surface area (Å²) in [4.78, 5) is 12.3. The summed E-state index contributed by atoms with van der Waals surface area (Å²) in [5.74, 6) is -0.221. The Bertz CT molecular complexity index is 695. The van der Waals surface area contributed by atoms with E-state index in [0.717, 1.165) is 17.8 Å². The minimum atomic E-state index is -0.451. The molecule has 2 rings (SSSR count). The first kappa shape index (κ1) is 17.1. The lowest BCUT2D eigenvalue weighted by Crippen LogP contribution is -2.23. The molecule has 0 unspecified atom stereocenters. The van der Waals surface area contributed by atoms with E-state index >= 15 is 0 Å². The average Bonchev–Trinajstić information content (AvgIpc) is 2.86. The van der Waals surface area contributed by atoms with Crippen molar-refractivity contribution >= 4 is 5.91 Å². The van der Waals surface area contributed by atoms with E-state index in [1.807, 2.05) is 11.6 Å². The number of rotatable bonds is 6. The second kappa shape index (κ2) is 7.37. The number of halogens is 1. The number of aliphatic hydroxyl groups excluding tert-OH is 1. The van der Waals surface area contributed by atoms with E-state index in [1.54, 1.807) is 18.3 Å². The van der Waals surface area contributed by atoms with E-state index in [4.69, 9.17) is 5.11 Å². The summed E-state index contributed by atoms with van der Waals surface area (Å²) in [5, 5.41) is 16.1. The summed E-state index contributed by atoms with van der Waals surface area (Å²) in [6, 6.07) is 4.42. The molecule has 124 valence electrons. The normalized spacial score (nSPS) is 11.0. The van der Waals surface area contributed by atoms with Crippen molar-refractivity contribution in [2.45, 2.75) is 40.5 Å². The zero-order valence-corrected chi connectivity index (χ0v) is 13.6. The number of carbonyl (C=O) groups excluding carboxylic acids is 1. The smallest absolute Gasteiger partial charge is 0.255 e. The third kappa shape index (κ3) is 4.16. The molecular weight excluding hydrogens is 297 g/mol. The maximum absolute atomic E-state index is 13.3. The van der Waals surface area contributed by atoms with E-state index < -0.39 is 5.82 Å². The van der Waals surface area contributed by atoms with Gasteiger partial charge in [-0.2, -0.15) is 5.10 Å². The molecule has 0 fully saturated rings. The molecule has 0 saturated carbocycles.